The Labute approximate surface area is 87.3 Å². The Kier molecular flexibility index (Phi) is 4.14. The Bertz CT molecular complexity index is 189. The standard InChI is InChI=1S/C12H22O2/c1-6-10-9(5)11(8(3)4)12(14-10)13-7-2/h6,8-12H,1,7H2,2-5H3/t9-,10-,11+,12+/m0/s1. The monoisotopic (exact) mass is 198 g/mol. The first-order valence-corrected chi connectivity index (χ1v) is 5.51. The van der Waals surface area contributed by atoms with Crippen molar-refractivity contribution in [2.24, 2.45) is 17.8 Å². The van der Waals surface area contributed by atoms with Crippen molar-refractivity contribution in [2.75, 3.05) is 6.61 Å². The van der Waals surface area contributed by atoms with E-state index < -0.39 is 0 Å². The summed E-state index contributed by atoms with van der Waals surface area (Å²) in [7, 11) is 0. The third kappa shape index (κ3) is 2.18. The molecule has 0 aromatic carbocycles. The summed E-state index contributed by atoms with van der Waals surface area (Å²) in [5.74, 6) is 1.58. The van der Waals surface area contributed by atoms with Crippen molar-refractivity contribution >= 4 is 0 Å². The van der Waals surface area contributed by atoms with Crippen molar-refractivity contribution < 1.29 is 9.47 Å². The predicted octanol–water partition coefficient (Wildman–Crippen LogP) is 2.84. The molecule has 14 heavy (non-hydrogen) atoms. The van der Waals surface area contributed by atoms with Gasteiger partial charge in [-0.25, -0.2) is 0 Å². The maximum Gasteiger partial charge on any atom is 0.161 e. The van der Waals surface area contributed by atoms with Gasteiger partial charge in [0.15, 0.2) is 6.29 Å². The van der Waals surface area contributed by atoms with Crippen LogP contribution >= 0.6 is 0 Å². The second-order valence-electron chi connectivity index (χ2n) is 4.34. The van der Waals surface area contributed by atoms with Gasteiger partial charge in [-0.3, -0.25) is 0 Å². The molecule has 1 aliphatic rings. The van der Waals surface area contributed by atoms with Gasteiger partial charge in [-0.15, -0.1) is 6.58 Å². The van der Waals surface area contributed by atoms with E-state index in [0.29, 0.717) is 24.4 Å². The normalized spacial score (nSPS) is 37.8. The van der Waals surface area contributed by atoms with Crippen LogP contribution in [0.4, 0.5) is 0 Å². The number of hydrogen-bond donors (Lipinski definition) is 0. The fraction of sp³-hybridized carbons (Fsp3) is 0.833. The lowest BCUT2D eigenvalue weighted by Gasteiger charge is -2.24. The Balaban J connectivity index is 2.70. The summed E-state index contributed by atoms with van der Waals surface area (Å²) in [6.07, 6.45) is 2.00. The van der Waals surface area contributed by atoms with Crippen LogP contribution in [0.25, 0.3) is 0 Å². The molecule has 0 unspecified atom stereocenters. The second-order valence-corrected chi connectivity index (χ2v) is 4.34. The van der Waals surface area contributed by atoms with Crippen LogP contribution in [-0.4, -0.2) is 19.0 Å². The van der Waals surface area contributed by atoms with Crippen LogP contribution in [0.3, 0.4) is 0 Å². The van der Waals surface area contributed by atoms with E-state index in [4.69, 9.17) is 9.47 Å². The highest BCUT2D eigenvalue weighted by atomic mass is 16.7. The zero-order valence-electron chi connectivity index (χ0n) is 9.69. The maximum atomic E-state index is 5.80. The molecule has 0 radical (unpaired) electrons. The zero-order valence-corrected chi connectivity index (χ0v) is 9.69. The van der Waals surface area contributed by atoms with Gasteiger partial charge in [0.25, 0.3) is 0 Å². The van der Waals surface area contributed by atoms with Crippen molar-refractivity contribution in [2.45, 2.75) is 40.1 Å². The Morgan fingerprint density at radius 2 is 2.14 bits per heavy atom. The SMILES string of the molecule is C=C[C@@H]1O[C@@H](OCC)[C@H](C(C)C)[C@H]1C. The fourth-order valence-corrected chi connectivity index (χ4v) is 2.34. The lowest BCUT2D eigenvalue weighted by Crippen LogP contribution is -2.27. The molecule has 1 aliphatic heterocycles. The average Bonchev–Trinajstić information content (AvgIpc) is 2.43. The van der Waals surface area contributed by atoms with Gasteiger partial charge in [-0.05, 0) is 18.8 Å². The molecule has 1 heterocycles. The fourth-order valence-electron chi connectivity index (χ4n) is 2.34. The van der Waals surface area contributed by atoms with E-state index in [1.807, 2.05) is 13.0 Å². The van der Waals surface area contributed by atoms with Gasteiger partial charge < -0.3 is 9.47 Å². The summed E-state index contributed by atoms with van der Waals surface area (Å²) >= 11 is 0. The molecule has 0 saturated carbocycles. The van der Waals surface area contributed by atoms with Crippen molar-refractivity contribution in [1.29, 1.82) is 0 Å². The molecule has 0 amide bonds. The first-order valence-electron chi connectivity index (χ1n) is 5.51. The van der Waals surface area contributed by atoms with E-state index in [-0.39, 0.29) is 12.4 Å². The highest BCUT2D eigenvalue weighted by molar-refractivity contribution is 4.94. The minimum absolute atomic E-state index is 0.0435. The van der Waals surface area contributed by atoms with Gasteiger partial charge in [0.2, 0.25) is 0 Å². The molecule has 0 aromatic rings. The van der Waals surface area contributed by atoms with Crippen LogP contribution in [0.5, 0.6) is 0 Å². The number of hydrogen-bond acceptors (Lipinski definition) is 2. The van der Waals surface area contributed by atoms with E-state index in [1.165, 1.54) is 0 Å². The minimum Gasteiger partial charge on any atom is -0.353 e. The maximum absolute atomic E-state index is 5.80. The van der Waals surface area contributed by atoms with Crippen LogP contribution in [0, 0.1) is 17.8 Å². The summed E-state index contributed by atoms with van der Waals surface area (Å²) in [5, 5.41) is 0. The zero-order chi connectivity index (χ0) is 10.7. The molecular formula is C12H22O2. The predicted molar refractivity (Wildman–Crippen MR) is 58.0 cm³/mol. The van der Waals surface area contributed by atoms with Crippen molar-refractivity contribution in [3.8, 4) is 0 Å². The van der Waals surface area contributed by atoms with Gasteiger partial charge in [-0.2, -0.15) is 0 Å². The van der Waals surface area contributed by atoms with Crippen LogP contribution < -0.4 is 0 Å². The molecule has 1 saturated heterocycles. The summed E-state index contributed by atoms with van der Waals surface area (Å²) in [4.78, 5) is 0. The first-order chi connectivity index (χ1) is 6.61. The molecule has 1 fully saturated rings. The molecule has 0 bridgehead atoms. The molecule has 1 rings (SSSR count). The highest BCUT2D eigenvalue weighted by Gasteiger charge is 2.42. The lowest BCUT2D eigenvalue weighted by molar-refractivity contribution is -0.144. The molecule has 4 atom stereocenters. The third-order valence-electron chi connectivity index (χ3n) is 3.06. The van der Waals surface area contributed by atoms with E-state index in [0.717, 1.165) is 0 Å². The van der Waals surface area contributed by atoms with Crippen molar-refractivity contribution in [3.05, 3.63) is 12.7 Å². The van der Waals surface area contributed by atoms with Gasteiger partial charge in [0.05, 0.1) is 6.10 Å². The largest absolute Gasteiger partial charge is 0.353 e. The highest BCUT2D eigenvalue weighted by Crippen LogP contribution is 2.38. The molecule has 0 aliphatic carbocycles. The topological polar surface area (TPSA) is 18.5 Å². The summed E-state index contributed by atoms with van der Waals surface area (Å²) in [6.45, 7) is 13.2. The molecule has 0 N–H and O–H groups in total. The molecule has 0 spiro atoms. The van der Waals surface area contributed by atoms with Crippen LogP contribution in [0.1, 0.15) is 27.7 Å². The van der Waals surface area contributed by atoms with Crippen LogP contribution in [0.2, 0.25) is 0 Å². The van der Waals surface area contributed by atoms with Gasteiger partial charge in [0.1, 0.15) is 0 Å². The lowest BCUT2D eigenvalue weighted by atomic mass is 9.83. The quantitative estimate of drug-likeness (QED) is 0.647. The van der Waals surface area contributed by atoms with E-state index in [1.54, 1.807) is 0 Å². The third-order valence-corrected chi connectivity index (χ3v) is 3.06. The van der Waals surface area contributed by atoms with E-state index >= 15 is 0 Å². The molecule has 2 nitrogen and oxygen atoms in total. The van der Waals surface area contributed by atoms with Gasteiger partial charge in [-0.1, -0.05) is 26.8 Å². The first kappa shape index (κ1) is 11.7. The summed E-state index contributed by atoms with van der Waals surface area (Å²) in [6, 6.07) is 0. The Morgan fingerprint density at radius 1 is 1.50 bits per heavy atom. The molecule has 2 heteroatoms. The Hall–Kier alpha value is -0.340. The second kappa shape index (κ2) is 4.94. The molecule has 0 aromatic heterocycles. The van der Waals surface area contributed by atoms with Gasteiger partial charge in [0, 0.05) is 12.5 Å². The molecule has 82 valence electrons. The summed E-state index contributed by atoms with van der Waals surface area (Å²) in [5.41, 5.74) is 0. The summed E-state index contributed by atoms with van der Waals surface area (Å²) < 4.78 is 11.4. The minimum atomic E-state index is -0.0435. The average molecular weight is 198 g/mol. The van der Waals surface area contributed by atoms with Gasteiger partial charge >= 0.3 is 0 Å². The smallest absolute Gasteiger partial charge is 0.161 e. The van der Waals surface area contributed by atoms with Crippen LogP contribution in [-0.2, 0) is 9.47 Å². The van der Waals surface area contributed by atoms with Crippen molar-refractivity contribution in [3.63, 3.8) is 0 Å². The van der Waals surface area contributed by atoms with E-state index in [2.05, 4.69) is 27.4 Å². The van der Waals surface area contributed by atoms with Crippen LogP contribution in [0.15, 0.2) is 12.7 Å². The van der Waals surface area contributed by atoms with E-state index in [9.17, 15) is 0 Å². The van der Waals surface area contributed by atoms with Crippen molar-refractivity contribution in [1.82, 2.24) is 0 Å². The number of rotatable bonds is 4. The number of ether oxygens (including phenoxy) is 2. The Morgan fingerprint density at radius 3 is 2.57 bits per heavy atom. The molecular weight excluding hydrogens is 176 g/mol.